The first-order chi connectivity index (χ1) is 6.99. The molecule has 0 atom stereocenters. The summed E-state index contributed by atoms with van der Waals surface area (Å²) in [5, 5.41) is 18.4. The van der Waals surface area contributed by atoms with Crippen LogP contribution in [0, 0.1) is 25.0 Å². The van der Waals surface area contributed by atoms with Crippen LogP contribution in [-0.2, 0) is 0 Å². The maximum absolute atomic E-state index is 11.0. The van der Waals surface area contributed by atoms with E-state index in [2.05, 4.69) is 0 Å². The number of halogens is 2. The van der Waals surface area contributed by atoms with Crippen LogP contribution < -0.4 is 0 Å². The van der Waals surface area contributed by atoms with Gasteiger partial charge >= 0.3 is 0 Å². The molecular weight excluding hydrogens is 334 g/mol. The molecule has 0 saturated carbocycles. The molecule has 0 aliphatic rings. The van der Waals surface area contributed by atoms with E-state index in [4.69, 9.17) is 16.9 Å². The highest BCUT2D eigenvalue weighted by Crippen LogP contribution is 2.27. The molecule has 0 heterocycles. The summed E-state index contributed by atoms with van der Waals surface area (Å²) in [7, 11) is 0. The van der Waals surface area contributed by atoms with Gasteiger partial charge in [0.2, 0.25) is 0 Å². The Morgan fingerprint density at radius 2 is 2.20 bits per heavy atom. The third kappa shape index (κ3) is 2.24. The minimum atomic E-state index is -1.00. The van der Waals surface area contributed by atoms with Crippen molar-refractivity contribution in [2.45, 2.75) is 0 Å². The van der Waals surface area contributed by atoms with Gasteiger partial charge in [0, 0.05) is 9.64 Å². The largest absolute Gasteiger partial charge is 0.282 e. The van der Waals surface area contributed by atoms with Crippen molar-refractivity contribution in [3.63, 3.8) is 0 Å². The first kappa shape index (κ1) is 11.9. The van der Waals surface area contributed by atoms with Gasteiger partial charge in [0.05, 0.1) is 10.5 Å². The Morgan fingerprint density at radius 1 is 1.60 bits per heavy atom. The van der Waals surface area contributed by atoms with Crippen molar-refractivity contribution in [1.29, 1.82) is 5.26 Å². The SMILES string of the molecule is N#Cc1c(I)ccc([N+](=O)[O-])c1C(=O)Cl. The minimum absolute atomic E-state index is 0.0650. The molecule has 5 nitrogen and oxygen atoms in total. The number of nitro benzene ring substituents is 1. The number of benzene rings is 1. The smallest absolute Gasteiger partial charge is 0.275 e. The number of carbonyl (C=O) groups is 1. The third-order valence-electron chi connectivity index (χ3n) is 1.64. The topological polar surface area (TPSA) is 84.0 Å². The van der Waals surface area contributed by atoms with Gasteiger partial charge in [-0.05, 0) is 40.3 Å². The van der Waals surface area contributed by atoms with E-state index in [0.29, 0.717) is 3.57 Å². The lowest BCUT2D eigenvalue weighted by Crippen LogP contribution is -2.03. The predicted molar refractivity (Wildman–Crippen MR) is 60.7 cm³/mol. The van der Waals surface area contributed by atoms with E-state index in [1.165, 1.54) is 6.07 Å². The molecule has 0 bridgehead atoms. The van der Waals surface area contributed by atoms with Gasteiger partial charge in [-0.2, -0.15) is 5.26 Å². The van der Waals surface area contributed by atoms with Gasteiger partial charge in [0.1, 0.15) is 11.6 Å². The molecule has 0 radical (unpaired) electrons. The van der Waals surface area contributed by atoms with Crippen LogP contribution in [0.2, 0.25) is 0 Å². The lowest BCUT2D eigenvalue weighted by molar-refractivity contribution is -0.385. The van der Waals surface area contributed by atoms with Crippen molar-refractivity contribution >= 4 is 45.1 Å². The van der Waals surface area contributed by atoms with E-state index in [-0.39, 0.29) is 11.1 Å². The van der Waals surface area contributed by atoms with E-state index in [1.807, 2.05) is 0 Å². The van der Waals surface area contributed by atoms with Crippen molar-refractivity contribution in [2.24, 2.45) is 0 Å². The molecule has 76 valence electrons. The molecule has 0 N–H and O–H groups in total. The van der Waals surface area contributed by atoms with Crippen molar-refractivity contribution in [3.05, 3.63) is 36.9 Å². The maximum Gasteiger partial charge on any atom is 0.282 e. The van der Waals surface area contributed by atoms with Crippen LogP contribution in [0.1, 0.15) is 15.9 Å². The zero-order valence-corrected chi connectivity index (χ0v) is 9.94. The standard InChI is InChI=1S/C8H2ClIN2O3/c9-8(13)7-4(3-11)5(10)1-2-6(7)12(14)15/h1-2H. The van der Waals surface area contributed by atoms with Crippen LogP contribution in [-0.4, -0.2) is 10.2 Å². The predicted octanol–water partition coefficient (Wildman–Crippen LogP) is 2.45. The molecule has 0 amide bonds. The summed E-state index contributed by atoms with van der Waals surface area (Å²) in [5.74, 6) is 0. The van der Waals surface area contributed by atoms with Gasteiger partial charge < -0.3 is 0 Å². The number of nitrogens with zero attached hydrogens (tertiary/aromatic N) is 2. The normalized spacial score (nSPS) is 9.40. The van der Waals surface area contributed by atoms with Crippen LogP contribution in [0.3, 0.4) is 0 Å². The molecule has 0 aromatic heterocycles. The summed E-state index contributed by atoms with van der Waals surface area (Å²) >= 11 is 7.01. The summed E-state index contributed by atoms with van der Waals surface area (Å²) < 4.78 is 0.449. The van der Waals surface area contributed by atoms with Crippen LogP contribution in [0.4, 0.5) is 5.69 Å². The van der Waals surface area contributed by atoms with Gasteiger partial charge in [-0.3, -0.25) is 14.9 Å². The molecule has 0 spiro atoms. The first-order valence-electron chi connectivity index (χ1n) is 3.56. The lowest BCUT2D eigenvalue weighted by atomic mass is 10.1. The first-order valence-corrected chi connectivity index (χ1v) is 5.01. The highest BCUT2D eigenvalue weighted by molar-refractivity contribution is 14.1. The van der Waals surface area contributed by atoms with E-state index in [0.717, 1.165) is 6.07 Å². The molecule has 1 rings (SSSR count). The summed E-state index contributed by atoms with van der Waals surface area (Å²) in [6, 6.07) is 4.26. The highest BCUT2D eigenvalue weighted by Gasteiger charge is 2.24. The Bertz CT molecular complexity index is 495. The number of hydrogen-bond donors (Lipinski definition) is 0. The maximum atomic E-state index is 11.0. The Kier molecular flexibility index (Phi) is 3.60. The second-order valence-electron chi connectivity index (χ2n) is 2.46. The Morgan fingerprint density at radius 3 is 2.60 bits per heavy atom. The van der Waals surface area contributed by atoms with Gasteiger partial charge in [-0.25, -0.2) is 0 Å². The third-order valence-corrected chi connectivity index (χ3v) is 2.73. The second-order valence-corrected chi connectivity index (χ2v) is 3.96. The molecule has 0 aliphatic carbocycles. The number of nitriles is 1. The molecule has 1 aromatic rings. The zero-order valence-electron chi connectivity index (χ0n) is 7.03. The minimum Gasteiger partial charge on any atom is -0.275 e. The van der Waals surface area contributed by atoms with Crippen LogP contribution >= 0.6 is 34.2 Å². The summed E-state index contributed by atoms with van der Waals surface area (Å²) in [5.41, 5.74) is -0.868. The molecule has 0 aliphatic heterocycles. The molecule has 15 heavy (non-hydrogen) atoms. The van der Waals surface area contributed by atoms with Crippen LogP contribution in [0.5, 0.6) is 0 Å². The zero-order chi connectivity index (χ0) is 11.6. The molecule has 1 aromatic carbocycles. The molecule has 0 saturated heterocycles. The fourth-order valence-electron chi connectivity index (χ4n) is 1.03. The average molecular weight is 336 g/mol. The number of nitro groups is 1. The monoisotopic (exact) mass is 336 g/mol. The Labute approximate surface area is 103 Å². The van der Waals surface area contributed by atoms with E-state index >= 15 is 0 Å². The number of hydrogen-bond acceptors (Lipinski definition) is 4. The lowest BCUT2D eigenvalue weighted by Gasteiger charge is -2.01. The van der Waals surface area contributed by atoms with Crippen molar-refractivity contribution < 1.29 is 9.72 Å². The number of carbonyl (C=O) groups excluding carboxylic acids is 1. The van der Waals surface area contributed by atoms with Crippen molar-refractivity contribution in [1.82, 2.24) is 0 Å². The van der Waals surface area contributed by atoms with Crippen molar-refractivity contribution in [2.75, 3.05) is 0 Å². The summed E-state index contributed by atoms with van der Waals surface area (Å²) in [4.78, 5) is 20.9. The Balaban J connectivity index is 3.66. The van der Waals surface area contributed by atoms with Gasteiger partial charge in [0.25, 0.3) is 10.9 Å². The molecular formula is C8H2ClIN2O3. The quantitative estimate of drug-likeness (QED) is 0.359. The molecule has 7 heteroatoms. The average Bonchev–Trinajstić information content (AvgIpc) is 2.16. The molecule has 0 fully saturated rings. The van der Waals surface area contributed by atoms with Crippen molar-refractivity contribution in [3.8, 4) is 6.07 Å². The van der Waals surface area contributed by atoms with Crippen LogP contribution in [0.25, 0.3) is 0 Å². The fourth-order valence-corrected chi connectivity index (χ4v) is 1.79. The van der Waals surface area contributed by atoms with E-state index in [9.17, 15) is 14.9 Å². The molecule has 0 unspecified atom stereocenters. The number of rotatable bonds is 2. The van der Waals surface area contributed by atoms with E-state index in [1.54, 1.807) is 28.7 Å². The van der Waals surface area contributed by atoms with Gasteiger partial charge in [-0.15, -0.1) is 0 Å². The second kappa shape index (κ2) is 4.55. The van der Waals surface area contributed by atoms with E-state index < -0.39 is 15.9 Å². The van der Waals surface area contributed by atoms with Gasteiger partial charge in [-0.1, -0.05) is 0 Å². The Hall–Kier alpha value is -1.20. The highest BCUT2D eigenvalue weighted by atomic mass is 127. The fraction of sp³-hybridized carbons (Fsp3) is 0. The summed E-state index contributed by atoms with van der Waals surface area (Å²) in [6.07, 6.45) is 0. The summed E-state index contributed by atoms with van der Waals surface area (Å²) in [6.45, 7) is 0. The van der Waals surface area contributed by atoms with Gasteiger partial charge in [0.15, 0.2) is 0 Å². The van der Waals surface area contributed by atoms with Crippen LogP contribution in [0.15, 0.2) is 12.1 Å².